The minimum atomic E-state index is -2.98. The summed E-state index contributed by atoms with van der Waals surface area (Å²) >= 11 is 0. The summed E-state index contributed by atoms with van der Waals surface area (Å²) in [5.74, 6) is -5.77. The van der Waals surface area contributed by atoms with Crippen molar-refractivity contribution in [2.45, 2.75) is 56.4 Å². The van der Waals surface area contributed by atoms with Gasteiger partial charge in [-0.1, -0.05) is 12.1 Å². The quantitative estimate of drug-likeness (QED) is 0.220. The van der Waals surface area contributed by atoms with E-state index in [0.717, 1.165) is 62.6 Å². The van der Waals surface area contributed by atoms with Crippen LogP contribution in [0.25, 0.3) is 0 Å². The topological polar surface area (TPSA) is 194 Å². The number of nitrogens with zero attached hydrogens (tertiary/aromatic N) is 6. The van der Waals surface area contributed by atoms with Gasteiger partial charge in [-0.05, 0) is 86.5 Å². The van der Waals surface area contributed by atoms with E-state index >= 15 is 0 Å². The fraction of sp³-hybridized carbons (Fsp3) is 0.475. The highest BCUT2D eigenvalue weighted by molar-refractivity contribution is 6.23. The average molecular weight is 786 g/mol. The van der Waals surface area contributed by atoms with Crippen molar-refractivity contribution in [2.24, 2.45) is 17.6 Å². The van der Waals surface area contributed by atoms with Crippen molar-refractivity contribution in [3.8, 4) is 0 Å². The van der Waals surface area contributed by atoms with Crippen LogP contribution in [0.4, 0.5) is 31.8 Å². The highest BCUT2D eigenvalue weighted by atomic mass is 19.3. The van der Waals surface area contributed by atoms with Gasteiger partial charge in [0, 0.05) is 56.9 Å². The number of alkyl halides is 2. The number of primary amides is 1. The predicted octanol–water partition coefficient (Wildman–Crippen LogP) is 2.88. The number of piperidine rings is 3. The second kappa shape index (κ2) is 15.4. The third-order valence-corrected chi connectivity index (χ3v) is 12.1. The number of imide groups is 2. The molecule has 5 N–H and O–H groups in total. The lowest BCUT2D eigenvalue weighted by Crippen LogP contribution is -2.54. The van der Waals surface area contributed by atoms with E-state index in [9.17, 15) is 37.9 Å². The molecule has 3 atom stereocenters. The standard InChI is InChI=1S/C40H45F2N9O6/c41-40(42)12-16-50(21-26(40)22-52)32-18-44-34(35(43)54)36(46-32)45-27-3-1-24(2-4-27)25-10-13-48(14-11-25)19-23-9-15-49(20-23)28-5-6-29-30(17-28)39(57)51(38(29)56)31-7-8-33(53)47-37(31)55/h1-6,17-18,23,25-26,31,52H,7-16,19-22H2,(H2,43,54)(H,45,46)(H,47,53,55)/t23-,26?,31?/m1/s1. The molecule has 15 nitrogen and oxygen atoms in total. The summed E-state index contributed by atoms with van der Waals surface area (Å²) in [7, 11) is 0. The van der Waals surface area contributed by atoms with E-state index in [1.54, 1.807) is 17.0 Å². The molecule has 6 heterocycles. The predicted molar refractivity (Wildman–Crippen MR) is 204 cm³/mol. The van der Waals surface area contributed by atoms with E-state index in [2.05, 4.69) is 42.5 Å². The monoisotopic (exact) mass is 785 g/mol. The van der Waals surface area contributed by atoms with E-state index < -0.39 is 60.4 Å². The number of fused-ring (bicyclic) bond motifs is 1. The summed E-state index contributed by atoms with van der Waals surface area (Å²) in [4.78, 5) is 78.8. The molecule has 8 rings (SSSR count). The maximum absolute atomic E-state index is 14.2. The lowest BCUT2D eigenvalue weighted by molar-refractivity contribution is -0.136. The number of likely N-dealkylation sites (tertiary alicyclic amines) is 1. The van der Waals surface area contributed by atoms with Crippen LogP contribution in [-0.2, 0) is 9.59 Å². The van der Waals surface area contributed by atoms with Crippen LogP contribution in [0.3, 0.4) is 0 Å². The number of carbonyl (C=O) groups excluding carboxylic acids is 5. The summed E-state index contributed by atoms with van der Waals surface area (Å²) in [6, 6.07) is 12.2. The van der Waals surface area contributed by atoms with Crippen LogP contribution in [-0.4, -0.2) is 119 Å². The van der Waals surface area contributed by atoms with Crippen LogP contribution in [0.2, 0.25) is 0 Å². The molecular weight excluding hydrogens is 740 g/mol. The van der Waals surface area contributed by atoms with Crippen molar-refractivity contribution in [3.63, 3.8) is 0 Å². The summed E-state index contributed by atoms with van der Waals surface area (Å²) in [5, 5.41) is 14.9. The van der Waals surface area contributed by atoms with Crippen LogP contribution in [0.1, 0.15) is 81.2 Å². The molecule has 1 aromatic heterocycles. The highest BCUT2D eigenvalue weighted by Crippen LogP contribution is 2.37. The number of benzene rings is 2. The molecule has 57 heavy (non-hydrogen) atoms. The summed E-state index contributed by atoms with van der Waals surface area (Å²) in [6.45, 7) is 3.80. The molecule has 0 aliphatic carbocycles. The van der Waals surface area contributed by atoms with Gasteiger partial charge < -0.3 is 30.9 Å². The molecule has 5 aliphatic rings. The van der Waals surface area contributed by atoms with Crippen molar-refractivity contribution < 1.29 is 37.9 Å². The Bertz CT molecular complexity index is 2090. The maximum atomic E-state index is 14.2. The number of rotatable bonds is 10. The number of hydrogen-bond donors (Lipinski definition) is 4. The second-order valence-corrected chi connectivity index (χ2v) is 15.7. The fourth-order valence-corrected chi connectivity index (χ4v) is 8.84. The molecule has 0 spiro atoms. The Balaban J connectivity index is 0.836. The average Bonchev–Trinajstić information content (AvgIpc) is 3.76. The number of halogens is 2. The summed E-state index contributed by atoms with van der Waals surface area (Å²) < 4.78 is 28.4. The first-order chi connectivity index (χ1) is 27.4. The molecule has 0 bridgehead atoms. The first kappa shape index (κ1) is 38.3. The third kappa shape index (κ3) is 7.65. The number of aromatic nitrogens is 2. The molecule has 2 unspecified atom stereocenters. The van der Waals surface area contributed by atoms with E-state index in [4.69, 9.17) is 5.73 Å². The van der Waals surface area contributed by atoms with Crippen LogP contribution < -0.4 is 26.2 Å². The zero-order valence-electron chi connectivity index (χ0n) is 31.3. The Morgan fingerprint density at radius 3 is 2.40 bits per heavy atom. The minimum Gasteiger partial charge on any atom is -0.396 e. The van der Waals surface area contributed by atoms with Crippen molar-refractivity contribution in [1.29, 1.82) is 0 Å². The van der Waals surface area contributed by atoms with Gasteiger partial charge in [-0.3, -0.25) is 34.2 Å². The molecule has 5 amide bonds. The Labute approximate surface area is 327 Å². The Morgan fingerprint density at radius 1 is 0.930 bits per heavy atom. The summed E-state index contributed by atoms with van der Waals surface area (Å²) in [6.07, 6.45) is 4.10. The van der Waals surface area contributed by atoms with Gasteiger partial charge in [0.05, 0.1) is 29.8 Å². The van der Waals surface area contributed by atoms with Gasteiger partial charge in [0.15, 0.2) is 11.5 Å². The van der Waals surface area contributed by atoms with Crippen LogP contribution in [0, 0.1) is 11.8 Å². The first-order valence-electron chi connectivity index (χ1n) is 19.5. The smallest absolute Gasteiger partial charge is 0.271 e. The van der Waals surface area contributed by atoms with E-state index in [-0.39, 0.29) is 48.6 Å². The number of aliphatic hydroxyl groups is 1. The number of amides is 5. The number of hydrogen-bond acceptors (Lipinski definition) is 12. The lowest BCUT2D eigenvalue weighted by Gasteiger charge is -2.38. The van der Waals surface area contributed by atoms with Crippen LogP contribution >= 0.6 is 0 Å². The van der Waals surface area contributed by atoms with E-state index in [0.29, 0.717) is 23.3 Å². The largest absolute Gasteiger partial charge is 0.396 e. The van der Waals surface area contributed by atoms with Gasteiger partial charge in [-0.15, -0.1) is 0 Å². The molecule has 0 radical (unpaired) electrons. The lowest BCUT2D eigenvalue weighted by atomic mass is 9.89. The molecular formula is C40H45F2N9O6. The number of nitrogens with two attached hydrogens (primary N) is 1. The van der Waals surface area contributed by atoms with E-state index in [1.807, 2.05) is 18.2 Å². The molecule has 0 saturated carbocycles. The Hall–Kier alpha value is -5.55. The molecule has 4 saturated heterocycles. The van der Waals surface area contributed by atoms with Gasteiger partial charge in [-0.25, -0.2) is 18.7 Å². The van der Waals surface area contributed by atoms with Crippen molar-refractivity contribution in [3.05, 3.63) is 71.0 Å². The number of aliphatic hydroxyl groups excluding tert-OH is 1. The van der Waals surface area contributed by atoms with Crippen molar-refractivity contribution in [1.82, 2.24) is 25.1 Å². The number of nitrogens with one attached hydrogen (secondary N) is 2. The van der Waals surface area contributed by atoms with E-state index in [1.165, 1.54) is 11.8 Å². The van der Waals surface area contributed by atoms with Gasteiger partial charge >= 0.3 is 0 Å². The SMILES string of the molecule is NC(=O)c1ncc(N2CCC(F)(F)C(CO)C2)nc1Nc1ccc(C2CCN(C[C@H]3CCN(c4ccc5c(c4)C(=O)N(C4CCC(=O)NC4=O)C5=O)C3)CC2)cc1. The Morgan fingerprint density at radius 2 is 1.68 bits per heavy atom. The van der Waals surface area contributed by atoms with Crippen LogP contribution in [0.5, 0.6) is 0 Å². The molecule has 2 aromatic carbocycles. The molecule has 300 valence electrons. The van der Waals surface area contributed by atoms with Crippen LogP contribution in [0.15, 0.2) is 48.7 Å². The fourth-order valence-electron chi connectivity index (χ4n) is 8.84. The zero-order chi connectivity index (χ0) is 40.0. The zero-order valence-corrected chi connectivity index (χ0v) is 31.3. The second-order valence-electron chi connectivity index (χ2n) is 15.7. The summed E-state index contributed by atoms with van der Waals surface area (Å²) in [5.41, 5.74) is 8.81. The molecule has 4 fully saturated rings. The van der Waals surface area contributed by atoms with Gasteiger partial charge in [-0.2, -0.15) is 0 Å². The Kier molecular flexibility index (Phi) is 10.4. The molecule has 5 aliphatic heterocycles. The first-order valence-corrected chi connectivity index (χ1v) is 19.5. The molecule has 17 heteroatoms. The van der Waals surface area contributed by atoms with Gasteiger partial charge in [0.25, 0.3) is 23.6 Å². The number of anilines is 4. The molecule has 3 aromatic rings. The van der Waals surface area contributed by atoms with Gasteiger partial charge in [0.1, 0.15) is 11.9 Å². The number of carbonyl (C=O) groups is 5. The van der Waals surface area contributed by atoms with Gasteiger partial charge in [0.2, 0.25) is 11.8 Å². The van der Waals surface area contributed by atoms with Crippen molar-refractivity contribution >= 4 is 52.5 Å². The minimum absolute atomic E-state index is 0.0264. The normalized spacial score (nSPS) is 24.2. The highest BCUT2D eigenvalue weighted by Gasteiger charge is 2.46. The van der Waals surface area contributed by atoms with Crippen molar-refractivity contribution in [2.75, 3.05) is 67.5 Å². The third-order valence-electron chi connectivity index (χ3n) is 12.1. The maximum Gasteiger partial charge on any atom is 0.271 e.